The summed E-state index contributed by atoms with van der Waals surface area (Å²) >= 11 is 0. The lowest BCUT2D eigenvalue weighted by Crippen LogP contribution is -2.45. The number of nitrogens with one attached hydrogen (secondary N) is 1. The third-order valence-corrected chi connectivity index (χ3v) is 5.98. The molecular formula is C25H29N3O3. The standard InChI is InChI=1S/C25H29N3O3/c1-16-14-25(2,3)28(4)22-13-23(31-6)17(11-21(16)22)10-18(15-26)24(29)27-19-8-7-9-20(12-19)30-5/h7-13,16H,14H2,1-6H3,(H,27,29)/b18-10+. The van der Waals surface area contributed by atoms with Gasteiger partial charge in [0.1, 0.15) is 23.1 Å². The highest BCUT2D eigenvalue weighted by molar-refractivity contribution is 6.10. The fourth-order valence-electron chi connectivity index (χ4n) is 4.10. The largest absolute Gasteiger partial charge is 0.497 e. The molecule has 1 unspecified atom stereocenters. The summed E-state index contributed by atoms with van der Waals surface area (Å²) in [4.78, 5) is 15.0. The second-order valence-electron chi connectivity index (χ2n) is 8.49. The number of hydrogen-bond acceptors (Lipinski definition) is 5. The fourth-order valence-corrected chi connectivity index (χ4v) is 4.10. The molecule has 1 heterocycles. The number of fused-ring (bicyclic) bond motifs is 1. The van der Waals surface area contributed by atoms with E-state index in [0.29, 0.717) is 28.7 Å². The molecule has 6 nitrogen and oxygen atoms in total. The molecule has 2 aromatic carbocycles. The number of nitriles is 1. The molecule has 1 aliphatic heterocycles. The van der Waals surface area contributed by atoms with E-state index in [0.717, 1.165) is 12.1 Å². The summed E-state index contributed by atoms with van der Waals surface area (Å²) in [6, 6.07) is 13.0. The van der Waals surface area contributed by atoms with E-state index in [9.17, 15) is 10.1 Å². The van der Waals surface area contributed by atoms with Crippen LogP contribution < -0.4 is 19.7 Å². The van der Waals surface area contributed by atoms with Crippen molar-refractivity contribution in [2.24, 2.45) is 0 Å². The van der Waals surface area contributed by atoms with Gasteiger partial charge < -0.3 is 19.7 Å². The Hall–Kier alpha value is -3.46. The van der Waals surface area contributed by atoms with E-state index in [1.165, 1.54) is 5.56 Å². The Kier molecular flexibility index (Phi) is 6.26. The number of benzene rings is 2. The summed E-state index contributed by atoms with van der Waals surface area (Å²) < 4.78 is 10.8. The van der Waals surface area contributed by atoms with Crippen molar-refractivity contribution in [1.82, 2.24) is 0 Å². The zero-order valence-electron chi connectivity index (χ0n) is 18.9. The van der Waals surface area contributed by atoms with Crippen LogP contribution in [0.2, 0.25) is 0 Å². The second-order valence-corrected chi connectivity index (χ2v) is 8.49. The number of carbonyl (C=O) groups is 1. The summed E-state index contributed by atoms with van der Waals surface area (Å²) in [6.07, 6.45) is 2.59. The molecule has 1 atom stereocenters. The van der Waals surface area contributed by atoms with E-state index in [-0.39, 0.29) is 11.1 Å². The van der Waals surface area contributed by atoms with Gasteiger partial charge in [0, 0.05) is 41.7 Å². The van der Waals surface area contributed by atoms with Crippen molar-refractivity contribution in [2.45, 2.75) is 38.6 Å². The van der Waals surface area contributed by atoms with Gasteiger partial charge in [0.05, 0.1) is 14.2 Å². The van der Waals surface area contributed by atoms with Crippen LogP contribution in [-0.4, -0.2) is 32.7 Å². The zero-order valence-corrected chi connectivity index (χ0v) is 18.9. The minimum Gasteiger partial charge on any atom is -0.497 e. The molecule has 162 valence electrons. The maximum atomic E-state index is 12.7. The maximum absolute atomic E-state index is 12.7. The molecule has 0 fully saturated rings. The molecule has 0 aromatic heterocycles. The molecule has 0 spiro atoms. The van der Waals surface area contributed by atoms with E-state index in [4.69, 9.17) is 9.47 Å². The Morgan fingerprint density at radius 1 is 1.26 bits per heavy atom. The smallest absolute Gasteiger partial charge is 0.266 e. The summed E-state index contributed by atoms with van der Waals surface area (Å²) in [5.74, 6) is 1.10. The van der Waals surface area contributed by atoms with Crippen LogP contribution in [0.15, 0.2) is 42.0 Å². The summed E-state index contributed by atoms with van der Waals surface area (Å²) in [5, 5.41) is 12.4. The highest BCUT2D eigenvalue weighted by Crippen LogP contribution is 2.45. The average molecular weight is 420 g/mol. The zero-order chi connectivity index (χ0) is 22.8. The van der Waals surface area contributed by atoms with Crippen LogP contribution in [0, 0.1) is 11.3 Å². The van der Waals surface area contributed by atoms with Crippen molar-refractivity contribution in [1.29, 1.82) is 5.26 Å². The fraction of sp³-hybridized carbons (Fsp3) is 0.360. The number of ether oxygens (including phenoxy) is 2. The number of carbonyl (C=O) groups excluding carboxylic acids is 1. The molecule has 1 N–H and O–H groups in total. The van der Waals surface area contributed by atoms with E-state index in [1.807, 2.05) is 18.2 Å². The molecule has 0 bridgehead atoms. The first-order valence-corrected chi connectivity index (χ1v) is 10.2. The first kappa shape index (κ1) is 22.2. The molecule has 1 amide bonds. The predicted octanol–water partition coefficient (Wildman–Crippen LogP) is 4.97. The first-order valence-electron chi connectivity index (χ1n) is 10.2. The third kappa shape index (κ3) is 4.51. The van der Waals surface area contributed by atoms with Gasteiger partial charge in [-0.05, 0) is 56.0 Å². The lowest BCUT2D eigenvalue weighted by atomic mass is 9.80. The Labute approximate surface area is 184 Å². The molecule has 0 aliphatic carbocycles. The molecule has 31 heavy (non-hydrogen) atoms. The minimum atomic E-state index is -0.484. The highest BCUT2D eigenvalue weighted by atomic mass is 16.5. The van der Waals surface area contributed by atoms with Crippen LogP contribution in [0.3, 0.4) is 0 Å². The van der Waals surface area contributed by atoms with Gasteiger partial charge in [-0.15, -0.1) is 0 Å². The topological polar surface area (TPSA) is 74.6 Å². The van der Waals surface area contributed by atoms with Crippen LogP contribution in [0.5, 0.6) is 11.5 Å². The molecule has 3 rings (SSSR count). The number of nitrogens with zero attached hydrogens (tertiary/aromatic N) is 2. The van der Waals surface area contributed by atoms with Crippen LogP contribution >= 0.6 is 0 Å². The monoisotopic (exact) mass is 419 g/mol. The molecule has 0 radical (unpaired) electrons. The van der Waals surface area contributed by atoms with E-state index in [2.05, 4.69) is 38.0 Å². The van der Waals surface area contributed by atoms with Gasteiger partial charge >= 0.3 is 0 Å². The Morgan fingerprint density at radius 2 is 2.00 bits per heavy atom. The van der Waals surface area contributed by atoms with E-state index in [1.54, 1.807) is 44.6 Å². The van der Waals surface area contributed by atoms with Crippen molar-refractivity contribution < 1.29 is 14.3 Å². The molecule has 6 heteroatoms. The number of methoxy groups -OCH3 is 2. The van der Waals surface area contributed by atoms with Crippen molar-refractivity contribution in [3.63, 3.8) is 0 Å². The van der Waals surface area contributed by atoms with Gasteiger partial charge in [0.25, 0.3) is 5.91 Å². The second kappa shape index (κ2) is 8.73. The minimum absolute atomic E-state index is 0.00165. The summed E-state index contributed by atoms with van der Waals surface area (Å²) in [5.41, 5.74) is 3.58. The summed E-state index contributed by atoms with van der Waals surface area (Å²) in [6.45, 7) is 6.65. The maximum Gasteiger partial charge on any atom is 0.266 e. The average Bonchev–Trinajstić information content (AvgIpc) is 2.75. The van der Waals surface area contributed by atoms with Crippen LogP contribution in [0.1, 0.15) is 44.2 Å². The third-order valence-electron chi connectivity index (χ3n) is 5.98. The Bertz CT molecular complexity index is 1070. The van der Waals surface area contributed by atoms with Crippen LogP contribution in [-0.2, 0) is 4.79 Å². The molecule has 1 aliphatic rings. The molecule has 2 aromatic rings. The Balaban J connectivity index is 1.98. The number of amides is 1. The highest BCUT2D eigenvalue weighted by Gasteiger charge is 2.34. The molecule has 0 saturated heterocycles. The summed E-state index contributed by atoms with van der Waals surface area (Å²) in [7, 11) is 5.24. The SMILES string of the molecule is COc1cccc(NC(=O)/C(C#N)=C/c2cc3c(cc2OC)N(C)C(C)(C)CC3C)c1. The van der Waals surface area contributed by atoms with Gasteiger partial charge in [-0.25, -0.2) is 0 Å². The molecule has 0 saturated carbocycles. The van der Waals surface area contributed by atoms with Crippen molar-refractivity contribution in [2.75, 3.05) is 31.5 Å². The van der Waals surface area contributed by atoms with E-state index >= 15 is 0 Å². The van der Waals surface area contributed by atoms with Crippen molar-refractivity contribution >= 4 is 23.4 Å². The van der Waals surface area contributed by atoms with Crippen LogP contribution in [0.25, 0.3) is 6.08 Å². The number of hydrogen-bond donors (Lipinski definition) is 1. The lowest BCUT2D eigenvalue weighted by molar-refractivity contribution is -0.112. The predicted molar refractivity (Wildman–Crippen MR) is 124 cm³/mol. The van der Waals surface area contributed by atoms with Gasteiger partial charge in [-0.1, -0.05) is 13.0 Å². The Morgan fingerprint density at radius 3 is 2.65 bits per heavy atom. The quantitative estimate of drug-likeness (QED) is 0.547. The number of rotatable bonds is 5. The van der Waals surface area contributed by atoms with E-state index < -0.39 is 5.91 Å². The number of anilines is 2. The van der Waals surface area contributed by atoms with Gasteiger partial charge in [-0.2, -0.15) is 5.26 Å². The molecular weight excluding hydrogens is 390 g/mol. The van der Waals surface area contributed by atoms with Crippen molar-refractivity contribution in [3.05, 3.63) is 53.1 Å². The van der Waals surface area contributed by atoms with Gasteiger partial charge in [-0.3, -0.25) is 4.79 Å². The van der Waals surface area contributed by atoms with Gasteiger partial charge in [0.2, 0.25) is 0 Å². The van der Waals surface area contributed by atoms with Crippen molar-refractivity contribution in [3.8, 4) is 17.6 Å². The normalized spacial score (nSPS) is 17.4. The van der Waals surface area contributed by atoms with Gasteiger partial charge in [0.15, 0.2) is 0 Å². The van der Waals surface area contributed by atoms with Crippen LogP contribution in [0.4, 0.5) is 11.4 Å². The first-order chi connectivity index (χ1) is 14.7. The lowest BCUT2D eigenvalue weighted by Gasteiger charge is -2.45.